The summed E-state index contributed by atoms with van der Waals surface area (Å²) in [6.07, 6.45) is 4.48. The molecule has 4 aromatic heterocycles. The molecule has 0 saturated heterocycles. The molecule has 4 heterocycles. The van der Waals surface area contributed by atoms with E-state index in [2.05, 4.69) is 30.7 Å². The molecule has 4 aromatic rings. The normalized spacial score (nSPS) is 10.9. The van der Waals surface area contributed by atoms with Gasteiger partial charge in [-0.05, 0) is 24.3 Å². The molecule has 0 radical (unpaired) electrons. The number of carbonyl (C=O) groups excluding carboxylic acids is 2. The molecule has 0 saturated carbocycles. The van der Waals surface area contributed by atoms with Gasteiger partial charge in [-0.1, -0.05) is 0 Å². The number of alkyl halides is 2. The third-order valence-electron chi connectivity index (χ3n) is 4.29. The molecule has 0 aromatic carbocycles. The minimum absolute atomic E-state index is 0.0725. The van der Waals surface area contributed by atoms with Gasteiger partial charge in [0.15, 0.2) is 11.4 Å². The van der Waals surface area contributed by atoms with Crippen molar-refractivity contribution in [1.82, 2.24) is 24.7 Å². The Morgan fingerprint density at radius 2 is 2.09 bits per heavy atom. The van der Waals surface area contributed by atoms with Crippen LogP contribution < -0.4 is 16.4 Å². The van der Waals surface area contributed by atoms with Crippen molar-refractivity contribution in [3.05, 3.63) is 66.7 Å². The molecule has 2 amide bonds. The maximum absolute atomic E-state index is 12.7. The van der Waals surface area contributed by atoms with E-state index in [1.54, 1.807) is 24.4 Å². The average Bonchev–Trinajstić information content (AvgIpc) is 3.46. The Morgan fingerprint density at radius 1 is 1.24 bits per heavy atom. The summed E-state index contributed by atoms with van der Waals surface area (Å²) in [6, 6.07) is 6.40. The molecule has 0 aliphatic rings. The highest BCUT2D eigenvalue weighted by Crippen LogP contribution is 2.22. The minimum atomic E-state index is -2.54. The SMILES string of the molecule is NC(=O)c1nn(-c2cccnc2)cc1NC(=O)c1coc(-c2ccnc(NCC(F)F)c2)n1. The second kappa shape index (κ2) is 9.21. The Hall–Kier alpha value is -4.68. The summed E-state index contributed by atoms with van der Waals surface area (Å²) in [5, 5.41) is 9.11. The van der Waals surface area contributed by atoms with E-state index in [0.29, 0.717) is 11.3 Å². The van der Waals surface area contributed by atoms with Crippen LogP contribution in [0.5, 0.6) is 0 Å². The number of anilines is 2. The molecule has 4 N–H and O–H groups in total. The molecule has 168 valence electrons. The first-order valence-corrected chi connectivity index (χ1v) is 9.46. The van der Waals surface area contributed by atoms with Gasteiger partial charge in [-0.3, -0.25) is 14.6 Å². The molecule has 13 heteroatoms. The summed E-state index contributed by atoms with van der Waals surface area (Å²) in [6.45, 7) is -0.565. The molecular formula is C20H16F2N8O3. The Bertz CT molecular complexity index is 1290. The first-order chi connectivity index (χ1) is 15.9. The first-order valence-electron chi connectivity index (χ1n) is 9.46. The Morgan fingerprint density at radius 3 is 2.82 bits per heavy atom. The number of nitrogens with one attached hydrogen (secondary N) is 2. The number of halogens is 2. The molecule has 0 aliphatic carbocycles. The number of pyridine rings is 2. The van der Waals surface area contributed by atoms with Gasteiger partial charge in [0.2, 0.25) is 5.89 Å². The third kappa shape index (κ3) is 4.98. The van der Waals surface area contributed by atoms with Crippen LogP contribution in [0.3, 0.4) is 0 Å². The molecule has 33 heavy (non-hydrogen) atoms. The predicted octanol–water partition coefficient (Wildman–Crippen LogP) is 2.35. The smallest absolute Gasteiger partial charge is 0.277 e. The van der Waals surface area contributed by atoms with E-state index in [1.165, 1.54) is 29.3 Å². The lowest BCUT2D eigenvalue weighted by molar-refractivity contribution is 0.0996. The van der Waals surface area contributed by atoms with E-state index in [0.717, 1.165) is 6.26 Å². The molecular weight excluding hydrogens is 438 g/mol. The van der Waals surface area contributed by atoms with Gasteiger partial charge in [0, 0.05) is 18.0 Å². The van der Waals surface area contributed by atoms with E-state index >= 15 is 0 Å². The molecule has 11 nitrogen and oxygen atoms in total. The van der Waals surface area contributed by atoms with Crippen LogP contribution in [-0.2, 0) is 0 Å². The van der Waals surface area contributed by atoms with Gasteiger partial charge in [0.1, 0.15) is 12.1 Å². The molecule has 0 aliphatic heterocycles. The van der Waals surface area contributed by atoms with Crippen molar-refractivity contribution in [3.8, 4) is 17.1 Å². The number of oxazole rings is 1. The number of amides is 2. The van der Waals surface area contributed by atoms with Gasteiger partial charge in [-0.15, -0.1) is 0 Å². The second-order valence-electron chi connectivity index (χ2n) is 6.61. The summed E-state index contributed by atoms with van der Waals surface area (Å²) in [5.74, 6) is -1.24. The van der Waals surface area contributed by atoms with E-state index in [-0.39, 0.29) is 28.8 Å². The molecule has 0 atom stereocenters. The lowest BCUT2D eigenvalue weighted by Gasteiger charge is -2.05. The van der Waals surface area contributed by atoms with Crippen LogP contribution in [0.1, 0.15) is 21.0 Å². The van der Waals surface area contributed by atoms with Crippen LogP contribution in [0.4, 0.5) is 20.3 Å². The fraction of sp³-hybridized carbons (Fsp3) is 0.100. The van der Waals surface area contributed by atoms with E-state index < -0.39 is 24.8 Å². The number of hydrogen-bond acceptors (Lipinski definition) is 8. The van der Waals surface area contributed by atoms with Crippen molar-refractivity contribution in [1.29, 1.82) is 0 Å². The van der Waals surface area contributed by atoms with Crippen molar-refractivity contribution >= 4 is 23.3 Å². The lowest BCUT2D eigenvalue weighted by Crippen LogP contribution is -2.18. The summed E-state index contributed by atoms with van der Waals surface area (Å²) in [4.78, 5) is 36.5. The number of primary amides is 1. The Balaban J connectivity index is 1.53. The number of nitrogens with two attached hydrogens (primary N) is 1. The molecule has 0 fully saturated rings. The predicted molar refractivity (Wildman–Crippen MR) is 112 cm³/mol. The zero-order chi connectivity index (χ0) is 23.4. The molecule has 0 spiro atoms. The maximum Gasteiger partial charge on any atom is 0.277 e. The van der Waals surface area contributed by atoms with Gasteiger partial charge in [0.05, 0.1) is 30.3 Å². The molecule has 0 unspecified atom stereocenters. The highest BCUT2D eigenvalue weighted by Gasteiger charge is 2.20. The zero-order valence-electron chi connectivity index (χ0n) is 16.8. The van der Waals surface area contributed by atoms with Gasteiger partial charge in [-0.25, -0.2) is 23.4 Å². The average molecular weight is 454 g/mol. The number of aromatic nitrogens is 5. The highest BCUT2D eigenvalue weighted by molar-refractivity contribution is 6.07. The third-order valence-corrected chi connectivity index (χ3v) is 4.29. The highest BCUT2D eigenvalue weighted by atomic mass is 19.3. The summed E-state index contributed by atoms with van der Waals surface area (Å²) in [7, 11) is 0. The van der Waals surface area contributed by atoms with Crippen LogP contribution in [0.25, 0.3) is 17.1 Å². The molecule has 0 bridgehead atoms. The van der Waals surface area contributed by atoms with Crippen LogP contribution in [0.2, 0.25) is 0 Å². The van der Waals surface area contributed by atoms with E-state index in [1.807, 2.05) is 0 Å². The number of nitrogens with zero attached hydrogens (tertiary/aromatic N) is 5. The number of rotatable bonds is 8. The quantitative estimate of drug-likeness (QED) is 0.367. The summed E-state index contributed by atoms with van der Waals surface area (Å²) >= 11 is 0. The van der Waals surface area contributed by atoms with E-state index in [9.17, 15) is 18.4 Å². The van der Waals surface area contributed by atoms with Crippen molar-refractivity contribution in [2.24, 2.45) is 5.73 Å². The second-order valence-corrected chi connectivity index (χ2v) is 6.61. The maximum atomic E-state index is 12.7. The van der Waals surface area contributed by atoms with Crippen molar-refractivity contribution in [2.45, 2.75) is 6.43 Å². The fourth-order valence-electron chi connectivity index (χ4n) is 2.81. The number of hydrogen-bond donors (Lipinski definition) is 3. The van der Waals surface area contributed by atoms with Gasteiger partial charge in [-0.2, -0.15) is 5.10 Å². The summed E-state index contributed by atoms with van der Waals surface area (Å²) < 4.78 is 31.5. The van der Waals surface area contributed by atoms with Gasteiger partial charge < -0.3 is 20.8 Å². The van der Waals surface area contributed by atoms with Crippen LogP contribution in [-0.4, -0.2) is 49.5 Å². The standard InChI is InChI=1S/C20H16F2N8O3/c21-15(22)8-26-16-6-11(3-5-25-16)20-28-14(10-33-20)19(32)27-13-9-30(29-17(13)18(23)31)12-2-1-4-24-7-12/h1-7,9-10,15H,8H2,(H2,23,31)(H,25,26)(H,27,32). The minimum Gasteiger partial charge on any atom is -0.444 e. The van der Waals surface area contributed by atoms with E-state index in [4.69, 9.17) is 10.2 Å². The zero-order valence-corrected chi connectivity index (χ0v) is 16.8. The largest absolute Gasteiger partial charge is 0.444 e. The van der Waals surface area contributed by atoms with Crippen LogP contribution in [0, 0.1) is 0 Å². The Labute approximate surface area is 184 Å². The van der Waals surface area contributed by atoms with Crippen molar-refractivity contribution in [2.75, 3.05) is 17.2 Å². The fourth-order valence-corrected chi connectivity index (χ4v) is 2.81. The number of carbonyl (C=O) groups is 2. The van der Waals surface area contributed by atoms with Gasteiger partial charge >= 0.3 is 0 Å². The molecule has 4 rings (SSSR count). The summed E-state index contributed by atoms with van der Waals surface area (Å²) in [5.41, 5.74) is 6.19. The first kappa shape index (κ1) is 21.5. The van der Waals surface area contributed by atoms with Crippen molar-refractivity contribution in [3.63, 3.8) is 0 Å². The monoisotopic (exact) mass is 454 g/mol. The van der Waals surface area contributed by atoms with Gasteiger partial charge in [0.25, 0.3) is 18.2 Å². The van der Waals surface area contributed by atoms with Crippen LogP contribution >= 0.6 is 0 Å². The topological polar surface area (TPSA) is 154 Å². The lowest BCUT2D eigenvalue weighted by atomic mass is 10.2. The Kier molecular flexibility index (Phi) is 6.02. The van der Waals surface area contributed by atoms with Crippen LogP contribution in [0.15, 0.2) is 59.7 Å². The van der Waals surface area contributed by atoms with Crippen molar-refractivity contribution < 1.29 is 22.8 Å².